The van der Waals surface area contributed by atoms with Crippen molar-refractivity contribution in [3.8, 4) is 0 Å². The van der Waals surface area contributed by atoms with E-state index in [1.54, 1.807) is 0 Å². The van der Waals surface area contributed by atoms with Crippen LogP contribution in [0.2, 0.25) is 5.02 Å². The number of hydrogen-bond acceptors (Lipinski definition) is 2. The highest BCUT2D eigenvalue weighted by Gasteiger charge is 2.01. The van der Waals surface area contributed by atoms with Crippen molar-refractivity contribution in [2.75, 3.05) is 6.61 Å². The second-order valence-corrected chi connectivity index (χ2v) is 3.21. The van der Waals surface area contributed by atoms with Gasteiger partial charge in [-0.15, -0.1) is 12.4 Å². The lowest BCUT2D eigenvalue weighted by Gasteiger charge is -2.07. The molecule has 0 heterocycles. The Balaban J connectivity index is 0.00000144. The molecule has 0 bridgehead atoms. The molecule has 2 nitrogen and oxygen atoms in total. The molecule has 4 heteroatoms. The van der Waals surface area contributed by atoms with Crippen LogP contribution in [-0.2, 0) is 6.42 Å². The Labute approximate surface area is 89.1 Å². The van der Waals surface area contributed by atoms with E-state index in [0.717, 1.165) is 5.56 Å². The van der Waals surface area contributed by atoms with Crippen molar-refractivity contribution in [1.82, 2.24) is 0 Å². The molecule has 3 N–H and O–H groups in total. The maximum Gasteiger partial charge on any atom is 0.0585 e. The largest absolute Gasteiger partial charge is 0.395 e. The number of aliphatic hydroxyl groups excluding tert-OH is 1. The number of hydrogen-bond donors (Lipinski definition) is 2. The van der Waals surface area contributed by atoms with Crippen molar-refractivity contribution in [3.05, 3.63) is 34.9 Å². The molecular formula is C9H13Cl2NO. The number of nitrogens with two attached hydrogens (primary N) is 1. The van der Waals surface area contributed by atoms with Gasteiger partial charge < -0.3 is 10.8 Å². The molecule has 1 atom stereocenters. The average molecular weight is 222 g/mol. The summed E-state index contributed by atoms with van der Waals surface area (Å²) in [5.41, 5.74) is 6.62. The number of rotatable bonds is 3. The highest BCUT2D eigenvalue weighted by molar-refractivity contribution is 6.30. The van der Waals surface area contributed by atoms with Gasteiger partial charge in [-0.1, -0.05) is 23.7 Å². The highest BCUT2D eigenvalue weighted by Crippen LogP contribution is 2.11. The molecule has 0 saturated heterocycles. The van der Waals surface area contributed by atoms with Gasteiger partial charge >= 0.3 is 0 Å². The second-order valence-electron chi connectivity index (χ2n) is 2.78. The Morgan fingerprint density at radius 3 is 2.69 bits per heavy atom. The summed E-state index contributed by atoms with van der Waals surface area (Å²) >= 11 is 5.77. The maximum absolute atomic E-state index is 8.71. The van der Waals surface area contributed by atoms with E-state index in [1.807, 2.05) is 24.3 Å². The first kappa shape index (κ1) is 12.7. The zero-order chi connectivity index (χ0) is 8.97. The molecule has 1 aromatic rings. The number of aliphatic hydroxyl groups is 1. The summed E-state index contributed by atoms with van der Waals surface area (Å²) in [6, 6.07) is 7.30. The molecule has 0 spiro atoms. The van der Waals surface area contributed by atoms with Crippen LogP contribution in [0.3, 0.4) is 0 Å². The Kier molecular flexibility index (Phi) is 6.08. The zero-order valence-electron chi connectivity index (χ0n) is 7.11. The van der Waals surface area contributed by atoms with Crippen molar-refractivity contribution < 1.29 is 5.11 Å². The minimum atomic E-state index is -0.191. The lowest BCUT2D eigenvalue weighted by atomic mass is 10.1. The predicted octanol–water partition coefficient (Wildman–Crippen LogP) is 1.62. The first-order valence-electron chi connectivity index (χ1n) is 3.83. The molecule has 0 amide bonds. The van der Waals surface area contributed by atoms with E-state index in [1.165, 1.54) is 0 Å². The molecule has 0 radical (unpaired) electrons. The summed E-state index contributed by atoms with van der Waals surface area (Å²) in [5, 5.41) is 9.41. The van der Waals surface area contributed by atoms with E-state index in [-0.39, 0.29) is 25.1 Å². The van der Waals surface area contributed by atoms with Crippen LogP contribution in [-0.4, -0.2) is 17.8 Å². The molecule has 0 saturated carbocycles. The van der Waals surface area contributed by atoms with Crippen molar-refractivity contribution in [1.29, 1.82) is 0 Å². The van der Waals surface area contributed by atoms with Crippen LogP contribution < -0.4 is 5.73 Å². The SMILES string of the molecule is Cl.NC(CO)Cc1cccc(Cl)c1. The van der Waals surface area contributed by atoms with Gasteiger partial charge in [0.05, 0.1) is 6.61 Å². The first-order valence-corrected chi connectivity index (χ1v) is 4.21. The summed E-state index contributed by atoms with van der Waals surface area (Å²) in [4.78, 5) is 0. The molecule has 0 aliphatic carbocycles. The van der Waals surface area contributed by atoms with E-state index < -0.39 is 0 Å². The van der Waals surface area contributed by atoms with Gasteiger partial charge in [0.1, 0.15) is 0 Å². The van der Waals surface area contributed by atoms with E-state index in [4.69, 9.17) is 22.4 Å². The van der Waals surface area contributed by atoms with Crippen LogP contribution in [0, 0.1) is 0 Å². The monoisotopic (exact) mass is 221 g/mol. The average Bonchev–Trinajstić information content (AvgIpc) is 2.04. The lowest BCUT2D eigenvalue weighted by molar-refractivity contribution is 0.265. The van der Waals surface area contributed by atoms with Crippen LogP contribution in [0.1, 0.15) is 5.56 Å². The molecule has 0 fully saturated rings. The summed E-state index contributed by atoms with van der Waals surface area (Å²) in [6.45, 7) is 0.00646. The van der Waals surface area contributed by atoms with Gasteiger partial charge in [-0.3, -0.25) is 0 Å². The second kappa shape index (κ2) is 6.22. The molecule has 0 aromatic heterocycles. The summed E-state index contributed by atoms with van der Waals surface area (Å²) in [6.07, 6.45) is 0.664. The Hall–Kier alpha value is -0.280. The third-order valence-electron chi connectivity index (χ3n) is 1.62. The van der Waals surface area contributed by atoms with Gasteiger partial charge in [0, 0.05) is 11.1 Å². The van der Waals surface area contributed by atoms with Crippen molar-refractivity contribution in [3.63, 3.8) is 0 Å². The lowest BCUT2D eigenvalue weighted by Crippen LogP contribution is -2.26. The third kappa shape index (κ3) is 4.48. The van der Waals surface area contributed by atoms with Gasteiger partial charge in [-0.25, -0.2) is 0 Å². The van der Waals surface area contributed by atoms with Crippen molar-refractivity contribution in [2.24, 2.45) is 5.73 Å². The van der Waals surface area contributed by atoms with Gasteiger partial charge in [0.25, 0.3) is 0 Å². The molecule has 1 aromatic carbocycles. The van der Waals surface area contributed by atoms with E-state index >= 15 is 0 Å². The Bertz CT molecular complexity index is 255. The summed E-state index contributed by atoms with van der Waals surface area (Å²) in [7, 11) is 0. The quantitative estimate of drug-likeness (QED) is 0.816. The molecule has 0 aliphatic heterocycles. The zero-order valence-corrected chi connectivity index (χ0v) is 8.68. The van der Waals surface area contributed by atoms with Crippen molar-refractivity contribution in [2.45, 2.75) is 12.5 Å². The normalized spacial score (nSPS) is 11.9. The molecule has 74 valence electrons. The number of halogens is 2. The summed E-state index contributed by atoms with van der Waals surface area (Å²) in [5.74, 6) is 0. The molecule has 1 unspecified atom stereocenters. The van der Waals surface area contributed by atoms with Gasteiger partial charge in [-0.05, 0) is 24.1 Å². The fourth-order valence-corrected chi connectivity index (χ4v) is 1.24. The van der Waals surface area contributed by atoms with Crippen LogP contribution in [0.15, 0.2) is 24.3 Å². The van der Waals surface area contributed by atoms with E-state index in [0.29, 0.717) is 11.4 Å². The molecule has 1 rings (SSSR count). The fourth-order valence-electron chi connectivity index (χ4n) is 1.03. The third-order valence-corrected chi connectivity index (χ3v) is 1.86. The fraction of sp³-hybridized carbons (Fsp3) is 0.333. The smallest absolute Gasteiger partial charge is 0.0585 e. The van der Waals surface area contributed by atoms with Gasteiger partial charge in [0.2, 0.25) is 0 Å². The van der Waals surface area contributed by atoms with Crippen LogP contribution >= 0.6 is 24.0 Å². The van der Waals surface area contributed by atoms with Gasteiger partial charge in [-0.2, -0.15) is 0 Å². The maximum atomic E-state index is 8.71. The molecular weight excluding hydrogens is 209 g/mol. The minimum Gasteiger partial charge on any atom is -0.395 e. The molecule has 13 heavy (non-hydrogen) atoms. The van der Waals surface area contributed by atoms with Gasteiger partial charge in [0.15, 0.2) is 0 Å². The van der Waals surface area contributed by atoms with Crippen molar-refractivity contribution >= 4 is 24.0 Å². The van der Waals surface area contributed by atoms with Crippen LogP contribution in [0.25, 0.3) is 0 Å². The van der Waals surface area contributed by atoms with E-state index in [9.17, 15) is 0 Å². The Morgan fingerprint density at radius 2 is 2.15 bits per heavy atom. The van der Waals surface area contributed by atoms with E-state index in [2.05, 4.69) is 0 Å². The summed E-state index contributed by atoms with van der Waals surface area (Å²) < 4.78 is 0. The minimum absolute atomic E-state index is 0. The molecule has 0 aliphatic rings. The Morgan fingerprint density at radius 1 is 1.46 bits per heavy atom. The predicted molar refractivity (Wildman–Crippen MR) is 57.5 cm³/mol. The topological polar surface area (TPSA) is 46.2 Å². The first-order chi connectivity index (χ1) is 5.72. The standard InChI is InChI=1S/C9H12ClNO.ClH/c10-8-3-1-2-7(4-8)5-9(11)6-12;/h1-4,9,12H,5-6,11H2;1H. The highest BCUT2D eigenvalue weighted by atomic mass is 35.5. The van der Waals surface area contributed by atoms with Crippen LogP contribution in [0.4, 0.5) is 0 Å². The van der Waals surface area contributed by atoms with Crippen LogP contribution in [0.5, 0.6) is 0 Å². The number of benzene rings is 1.